The lowest BCUT2D eigenvalue weighted by molar-refractivity contribution is -0.122. The molecule has 0 unspecified atom stereocenters. The van der Waals surface area contributed by atoms with Gasteiger partial charge in [-0.3, -0.25) is 9.10 Å². The van der Waals surface area contributed by atoms with Crippen molar-refractivity contribution in [3.05, 3.63) is 64.7 Å². The van der Waals surface area contributed by atoms with Gasteiger partial charge in [0.25, 0.3) is 0 Å². The van der Waals surface area contributed by atoms with E-state index in [4.69, 9.17) is 0 Å². The minimum atomic E-state index is -3.63. The van der Waals surface area contributed by atoms with E-state index in [-0.39, 0.29) is 11.9 Å². The van der Waals surface area contributed by atoms with Crippen molar-refractivity contribution in [3.63, 3.8) is 0 Å². The van der Waals surface area contributed by atoms with E-state index >= 15 is 0 Å². The molecule has 0 fully saturated rings. The average Bonchev–Trinajstić information content (AvgIpc) is 2.63. The van der Waals surface area contributed by atoms with Gasteiger partial charge in [-0.05, 0) is 68.5 Å². The van der Waals surface area contributed by atoms with Crippen LogP contribution in [0.25, 0.3) is 0 Å². The normalized spacial score (nSPS) is 13.6. The van der Waals surface area contributed by atoms with E-state index in [0.717, 1.165) is 29.4 Å². The Morgan fingerprint density at radius 2 is 1.64 bits per heavy atom. The van der Waals surface area contributed by atoms with Crippen LogP contribution in [-0.2, 0) is 21.2 Å². The molecule has 1 amide bonds. The molecule has 0 aliphatic carbocycles. The Hall–Kier alpha value is -2.34. The monoisotopic (exact) mass is 402 g/mol. The first-order valence-electron chi connectivity index (χ1n) is 9.50. The zero-order valence-corrected chi connectivity index (χ0v) is 18.3. The Balaban J connectivity index is 2.24. The number of benzene rings is 2. The number of carbonyl (C=O) groups excluding carboxylic acids is 1. The zero-order valence-electron chi connectivity index (χ0n) is 17.5. The number of rotatable bonds is 7. The summed E-state index contributed by atoms with van der Waals surface area (Å²) in [6.07, 6.45) is 2.08. The SMILES string of the molecule is CCc1ccc([C@@H](C)NC(=O)[C@H](C)N(c2ccc(C)c(C)c2)S(C)(=O)=O)cc1. The highest BCUT2D eigenvalue weighted by atomic mass is 32.2. The molecule has 152 valence electrons. The summed E-state index contributed by atoms with van der Waals surface area (Å²) in [7, 11) is -3.63. The minimum Gasteiger partial charge on any atom is -0.348 e. The number of hydrogen-bond acceptors (Lipinski definition) is 3. The number of anilines is 1. The third kappa shape index (κ3) is 5.13. The van der Waals surface area contributed by atoms with E-state index in [0.29, 0.717) is 5.69 Å². The van der Waals surface area contributed by atoms with Crippen LogP contribution in [0.5, 0.6) is 0 Å². The molecule has 2 aromatic carbocycles. The Morgan fingerprint density at radius 1 is 1.04 bits per heavy atom. The van der Waals surface area contributed by atoms with Crippen LogP contribution in [-0.4, -0.2) is 26.6 Å². The smallest absolute Gasteiger partial charge is 0.244 e. The van der Waals surface area contributed by atoms with Crippen LogP contribution < -0.4 is 9.62 Å². The minimum absolute atomic E-state index is 0.220. The first-order chi connectivity index (χ1) is 13.0. The Morgan fingerprint density at radius 3 is 2.14 bits per heavy atom. The van der Waals surface area contributed by atoms with E-state index in [1.165, 1.54) is 9.87 Å². The van der Waals surface area contributed by atoms with Crippen molar-refractivity contribution < 1.29 is 13.2 Å². The lowest BCUT2D eigenvalue weighted by Gasteiger charge is -2.29. The molecule has 0 bridgehead atoms. The van der Waals surface area contributed by atoms with Crippen molar-refractivity contribution in [2.45, 2.75) is 53.1 Å². The Bertz CT molecular complexity index is 937. The van der Waals surface area contributed by atoms with Gasteiger partial charge in [0.05, 0.1) is 18.0 Å². The largest absolute Gasteiger partial charge is 0.348 e. The van der Waals surface area contributed by atoms with Gasteiger partial charge in [-0.1, -0.05) is 37.3 Å². The molecule has 0 saturated heterocycles. The molecule has 5 nitrogen and oxygen atoms in total. The van der Waals surface area contributed by atoms with Crippen LogP contribution in [0.15, 0.2) is 42.5 Å². The van der Waals surface area contributed by atoms with E-state index in [2.05, 4.69) is 12.2 Å². The molecule has 0 aromatic heterocycles. The molecule has 1 N–H and O–H groups in total. The maximum atomic E-state index is 12.8. The van der Waals surface area contributed by atoms with Crippen molar-refractivity contribution >= 4 is 21.6 Å². The lowest BCUT2D eigenvalue weighted by Crippen LogP contribution is -2.48. The summed E-state index contributed by atoms with van der Waals surface area (Å²) in [6, 6.07) is 12.4. The maximum absolute atomic E-state index is 12.8. The van der Waals surface area contributed by atoms with Crippen molar-refractivity contribution in [2.75, 3.05) is 10.6 Å². The van der Waals surface area contributed by atoms with E-state index < -0.39 is 16.1 Å². The second-order valence-corrected chi connectivity index (χ2v) is 9.19. The van der Waals surface area contributed by atoms with Crippen LogP contribution >= 0.6 is 0 Å². The molecule has 0 aliphatic rings. The number of amides is 1. The van der Waals surface area contributed by atoms with Crippen LogP contribution in [0, 0.1) is 13.8 Å². The third-order valence-electron chi connectivity index (χ3n) is 5.08. The Kier molecular flexibility index (Phi) is 6.88. The second kappa shape index (κ2) is 8.78. The molecule has 6 heteroatoms. The highest BCUT2D eigenvalue weighted by Crippen LogP contribution is 2.24. The number of nitrogens with zero attached hydrogens (tertiary/aromatic N) is 1. The Labute approximate surface area is 168 Å². The molecule has 0 spiro atoms. The number of sulfonamides is 1. The van der Waals surface area contributed by atoms with Gasteiger partial charge in [0.2, 0.25) is 15.9 Å². The van der Waals surface area contributed by atoms with Gasteiger partial charge in [-0.2, -0.15) is 0 Å². The predicted molar refractivity (Wildman–Crippen MR) is 115 cm³/mol. The van der Waals surface area contributed by atoms with E-state index in [1.54, 1.807) is 19.1 Å². The summed E-state index contributed by atoms with van der Waals surface area (Å²) in [4.78, 5) is 12.8. The second-order valence-electron chi connectivity index (χ2n) is 7.33. The number of hydrogen-bond donors (Lipinski definition) is 1. The fraction of sp³-hybridized carbons (Fsp3) is 0.409. The standard InChI is InChI=1S/C22H30N2O3S/c1-7-19-9-11-20(12-10-19)17(4)23-22(25)18(5)24(28(6,26)27)21-13-8-15(2)16(3)14-21/h8-14,17-18H,7H2,1-6H3,(H,23,25)/t17-,18+/m1/s1. The third-order valence-corrected chi connectivity index (χ3v) is 6.32. The first kappa shape index (κ1) is 22.0. The van der Waals surface area contributed by atoms with Crippen molar-refractivity contribution in [2.24, 2.45) is 0 Å². The molecule has 0 heterocycles. The topological polar surface area (TPSA) is 66.5 Å². The van der Waals surface area contributed by atoms with Crippen molar-refractivity contribution in [3.8, 4) is 0 Å². The molecular weight excluding hydrogens is 372 g/mol. The van der Waals surface area contributed by atoms with Crippen LogP contribution in [0.4, 0.5) is 5.69 Å². The zero-order chi connectivity index (χ0) is 21.1. The summed E-state index contributed by atoms with van der Waals surface area (Å²) in [6.45, 7) is 9.48. The van der Waals surface area contributed by atoms with Gasteiger partial charge >= 0.3 is 0 Å². The van der Waals surface area contributed by atoms with Gasteiger partial charge in [-0.15, -0.1) is 0 Å². The van der Waals surface area contributed by atoms with Gasteiger partial charge < -0.3 is 5.32 Å². The highest BCUT2D eigenvalue weighted by Gasteiger charge is 2.30. The average molecular weight is 403 g/mol. The van der Waals surface area contributed by atoms with E-state index in [9.17, 15) is 13.2 Å². The molecule has 0 radical (unpaired) electrons. The van der Waals surface area contributed by atoms with Gasteiger partial charge in [0, 0.05) is 0 Å². The molecule has 0 saturated carbocycles. The van der Waals surface area contributed by atoms with Gasteiger partial charge in [0.15, 0.2) is 0 Å². The number of aryl methyl sites for hydroxylation is 3. The fourth-order valence-corrected chi connectivity index (χ4v) is 4.30. The summed E-state index contributed by atoms with van der Waals surface area (Å²) in [5.41, 5.74) is 4.75. The number of carbonyl (C=O) groups is 1. The highest BCUT2D eigenvalue weighted by molar-refractivity contribution is 7.92. The summed E-state index contributed by atoms with van der Waals surface area (Å²) >= 11 is 0. The van der Waals surface area contributed by atoms with Crippen LogP contribution in [0.2, 0.25) is 0 Å². The molecule has 28 heavy (non-hydrogen) atoms. The summed E-state index contributed by atoms with van der Waals surface area (Å²) in [5.74, 6) is -0.337. The maximum Gasteiger partial charge on any atom is 0.244 e. The van der Waals surface area contributed by atoms with Crippen molar-refractivity contribution in [1.29, 1.82) is 0 Å². The molecule has 2 aromatic rings. The number of nitrogens with one attached hydrogen (secondary N) is 1. The first-order valence-corrected chi connectivity index (χ1v) is 11.3. The van der Waals surface area contributed by atoms with Gasteiger partial charge in [0.1, 0.15) is 6.04 Å². The van der Waals surface area contributed by atoms with Crippen LogP contribution in [0.3, 0.4) is 0 Å². The molecule has 2 rings (SSSR count). The predicted octanol–water partition coefficient (Wildman–Crippen LogP) is 3.90. The quantitative estimate of drug-likeness (QED) is 0.764. The van der Waals surface area contributed by atoms with Crippen LogP contribution in [0.1, 0.15) is 49.1 Å². The van der Waals surface area contributed by atoms with Gasteiger partial charge in [-0.25, -0.2) is 8.42 Å². The summed E-state index contributed by atoms with van der Waals surface area (Å²) < 4.78 is 26.1. The fourth-order valence-electron chi connectivity index (χ4n) is 3.13. The molecular formula is C22H30N2O3S. The van der Waals surface area contributed by atoms with Crippen molar-refractivity contribution in [1.82, 2.24) is 5.32 Å². The molecule has 0 aliphatic heterocycles. The summed E-state index contributed by atoms with van der Waals surface area (Å²) in [5, 5.41) is 2.94. The van der Waals surface area contributed by atoms with E-state index in [1.807, 2.05) is 51.1 Å². The molecule has 2 atom stereocenters. The lowest BCUT2D eigenvalue weighted by atomic mass is 10.0.